The smallest absolute Gasteiger partial charge is 0.145 e. The third-order valence-electron chi connectivity index (χ3n) is 2.76. The zero-order valence-electron chi connectivity index (χ0n) is 9.96. The van der Waals surface area contributed by atoms with E-state index in [4.69, 9.17) is 25.8 Å². The first kappa shape index (κ1) is 12.3. The Balaban J connectivity index is 2.22. The number of nitrogens with one attached hydrogen (secondary N) is 1. The molecule has 0 bridgehead atoms. The Labute approximate surface area is 106 Å². The summed E-state index contributed by atoms with van der Waals surface area (Å²) in [5.41, 5.74) is 0.869. The summed E-state index contributed by atoms with van der Waals surface area (Å²) in [6, 6.07) is 3.91. The van der Waals surface area contributed by atoms with Crippen LogP contribution in [0.4, 0.5) is 5.69 Å². The van der Waals surface area contributed by atoms with Gasteiger partial charge in [0.05, 0.1) is 37.6 Å². The number of rotatable bonds is 4. The molecule has 0 spiro atoms. The lowest BCUT2D eigenvalue weighted by Gasteiger charge is -2.17. The SMILES string of the molecule is COc1cc(OC)c(NC2CCOC2)cc1Cl. The molecule has 0 aromatic heterocycles. The van der Waals surface area contributed by atoms with Crippen molar-refractivity contribution in [3.05, 3.63) is 17.2 Å². The first-order chi connectivity index (χ1) is 8.24. The van der Waals surface area contributed by atoms with Crippen molar-refractivity contribution < 1.29 is 14.2 Å². The molecular weight excluding hydrogens is 242 g/mol. The van der Waals surface area contributed by atoms with E-state index in [-0.39, 0.29) is 0 Å². The third kappa shape index (κ3) is 2.76. The van der Waals surface area contributed by atoms with Crippen molar-refractivity contribution >= 4 is 17.3 Å². The van der Waals surface area contributed by atoms with Crippen LogP contribution in [0.2, 0.25) is 5.02 Å². The minimum atomic E-state index is 0.313. The second-order valence-electron chi connectivity index (χ2n) is 3.89. The van der Waals surface area contributed by atoms with Crippen molar-refractivity contribution in [3.63, 3.8) is 0 Å². The number of halogens is 1. The van der Waals surface area contributed by atoms with E-state index in [1.54, 1.807) is 20.3 Å². The fourth-order valence-electron chi connectivity index (χ4n) is 1.84. The van der Waals surface area contributed by atoms with Gasteiger partial charge in [-0.15, -0.1) is 0 Å². The molecule has 1 atom stereocenters. The maximum atomic E-state index is 6.09. The molecule has 0 saturated carbocycles. The van der Waals surface area contributed by atoms with Crippen LogP contribution in [0.1, 0.15) is 6.42 Å². The van der Waals surface area contributed by atoms with E-state index in [0.717, 1.165) is 24.5 Å². The highest BCUT2D eigenvalue weighted by Gasteiger charge is 2.18. The van der Waals surface area contributed by atoms with E-state index in [1.165, 1.54) is 0 Å². The Kier molecular flexibility index (Phi) is 3.97. The van der Waals surface area contributed by atoms with Gasteiger partial charge in [0.25, 0.3) is 0 Å². The average molecular weight is 258 g/mol. The first-order valence-electron chi connectivity index (χ1n) is 5.50. The highest BCUT2D eigenvalue weighted by Crippen LogP contribution is 2.36. The van der Waals surface area contributed by atoms with Crippen LogP contribution in [0, 0.1) is 0 Å². The monoisotopic (exact) mass is 257 g/mol. The van der Waals surface area contributed by atoms with Gasteiger partial charge in [0.15, 0.2) is 0 Å². The predicted molar refractivity (Wildman–Crippen MR) is 67.4 cm³/mol. The van der Waals surface area contributed by atoms with E-state index in [2.05, 4.69) is 5.32 Å². The van der Waals surface area contributed by atoms with Crippen molar-refractivity contribution in [2.24, 2.45) is 0 Å². The van der Waals surface area contributed by atoms with Gasteiger partial charge in [-0.3, -0.25) is 0 Å². The second kappa shape index (κ2) is 5.47. The molecule has 2 rings (SSSR count). The maximum Gasteiger partial charge on any atom is 0.145 e. The van der Waals surface area contributed by atoms with Gasteiger partial charge >= 0.3 is 0 Å². The highest BCUT2D eigenvalue weighted by atomic mass is 35.5. The molecular formula is C12H16ClNO3. The molecule has 1 aromatic rings. The molecule has 94 valence electrons. The van der Waals surface area contributed by atoms with Crippen LogP contribution in [0.3, 0.4) is 0 Å². The number of anilines is 1. The lowest BCUT2D eigenvalue weighted by molar-refractivity contribution is 0.195. The van der Waals surface area contributed by atoms with Gasteiger partial charge in [-0.05, 0) is 12.5 Å². The molecule has 1 aliphatic heterocycles. The fourth-order valence-corrected chi connectivity index (χ4v) is 2.08. The number of hydrogen-bond acceptors (Lipinski definition) is 4. The van der Waals surface area contributed by atoms with E-state index >= 15 is 0 Å². The van der Waals surface area contributed by atoms with E-state index < -0.39 is 0 Å². The molecule has 1 fully saturated rings. The van der Waals surface area contributed by atoms with Gasteiger partial charge in [0.1, 0.15) is 11.5 Å². The molecule has 0 amide bonds. The van der Waals surface area contributed by atoms with Crippen LogP contribution in [0.15, 0.2) is 12.1 Å². The summed E-state index contributed by atoms with van der Waals surface area (Å²) in [6.45, 7) is 1.51. The van der Waals surface area contributed by atoms with Gasteiger partial charge in [0.2, 0.25) is 0 Å². The summed E-state index contributed by atoms with van der Waals surface area (Å²) in [6.07, 6.45) is 0.993. The molecule has 1 aliphatic rings. The molecule has 1 heterocycles. The van der Waals surface area contributed by atoms with E-state index in [1.807, 2.05) is 6.07 Å². The summed E-state index contributed by atoms with van der Waals surface area (Å²) in [5.74, 6) is 1.33. The van der Waals surface area contributed by atoms with Crippen molar-refractivity contribution in [3.8, 4) is 11.5 Å². The van der Waals surface area contributed by atoms with Crippen molar-refractivity contribution in [2.45, 2.75) is 12.5 Å². The molecule has 0 aliphatic carbocycles. The Hall–Kier alpha value is -1.13. The Morgan fingerprint density at radius 2 is 2.06 bits per heavy atom. The first-order valence-corrected chi connectivity index (χ1v) is 5.88. The van der Waals surface area contributed by atoms with Gasteiger partial charge in [-0.1, -0.05) is 11.6 Å². The van der Waals surface area contributed by atoms with Crippen molar-refractivity contribution in [2.75, 3.05) is 32.8 Å². The fraction of sp³-hybridized carbons (Fsp3) is 0.500. The molecule has 5 heteroatoms. The molecule has 1 unspecified atom stereocenters. The molecule has 1 N–H and O–H groups in total. The normalized spacial score (nSPS) is 19.1. The topological polar surface area (TPSA) is 39.7 Å². The number of methoxy groups -OCH3 is 2. The number of hydrogen-bond donors (Lipinski definition) is 1. The molecule has 17 heavy (non-hydrogen) atoms. The summed E-state index contributed by atoms with van der Waals surface area (Å²) < 4.78 is 15.8. The average Bonchev–Trinajstić information content (AvgIpc) is 2.82. The second-order valence-corrected chi connectivity index (χ2v) is 4.30. The predicted octanol–water partition coefficient (Wildman–Crippen LogP) is 2.56. The number of ether oxygens (including phenoxy) is 3. The lowest BCUT2D eigenvalue weighted by atomic mass is 10.2. The van der Waals surface area contributed by atoms with Crippen LogP contribution >= 0.6 is 11.6 Å². The van der Waals surface area contributed by atoms with Gasteiger partial charge < -0.3 is 19.5 Å². The number of benzene rings is 1. The minimum Gasteiger partial charge on any atom is -0.495 e. The van der Waals surface area contributed by atoms with Gasteiger partial charge in [0, 0.05) is 12.7 Å². The third-order valence-corrected chi connectivity index (χ3v) is 3.06. The van der Waals surface area contributed by atoms with Gasteiger partial charge in [-0.25, -0.2) is 0 Å². The summed E-state index contributed by atoms with van der Waals surface area (Å²) in [4.78, 5) is 0. The van der Waals surface area contributed by atoms with Crippen LogP contribution in [0.5, 0.6) is 11.5 Å². The Morgan fingerprint density at radius 3 is 2.65 bits per heavy atom. The highest BCUT2D eigenvalue weighted by molar-refractivity contribution is 6.32. The summed E-state index contributed by atoms with van der Waals surface area (Å²) in [7, 11) is 3.21. The maximum absolute atomic E-state index is 6.09. The zero-order chi connectivity index (χ0) is 12.3. The standard InChI is InChI=1S/C12H16ClNO3/c1-15-11-6-12(16-2)10(5-9(11)13)14-8-3-4-17-7-8/h5-6,8,14H,3-4,7H2,1-2H3. The quantitative estimate of drug-likeness (QED) is 0.900. The van der Waals surface area contributed by atoms with Crippen LogP contribution in [0.25, 0.3) is 0 Å². The minimum absolute atomic E-state index is 0.313. The van der Waals surface area contributed by atoms with E-state index in [0.29, 0.717) is 23.4 Å². The van der Waals surface area contributed by atoms with Crippen molar-refractivity contribution in [1.29, 1.82) is 0 Å². The summed E-state index contributed by atoms with van der Waals surface area (Å²) >= 11 is 6.09. The van der Waals surface area contributed by atoms with Crippen LogP contribution < -0.4 is 14.8 Å². The van der Waals surface area contributed by atoms with E-state index in [9.17, 15) is 0 Å². The zero-order valence-corrected chi connectivity index (χ0v) is 10.7. The largest absolute Gasteiger partial charge is 0.495 e. The molecule has 4 nitrogen and oxygen atoms in total. The Bertz CT molecular complexity index is 392. The molecule has 1 aromatic carbocycles. The van der Waals surface area contributed by atoms with Crippen molar-refractivity contribution in [1.82, 2.24) is 0 Å². The molecule has 1 saturated heterocycles. The Morgan fingerprint density at radius 1 is 1.29 bits per heavy atom. The summed E-state index contributed by atoms with van der Waals surface area (Å²) in [5, 5.41) is 3.93. The van der Waals surface area contributed by atoms with Gasteiger partial charge in [-0.2, -0.15) is 0 Å². The van der Waals surface area contributed by atoms with Crippen LogP contribution in [-0.2, 0) is 4.74 Å². The molecule has 0 radical (unpaired) electrons. The lowest BCUT2D eigenvalue weighted by Crippen LogP contribution is -2.19. The van der Waals surface area contributed by atoms with Crippen LogP contribution in [-0.4, -0.2) is 33.5 Å².